The van der Waals surface area contributed by atoms with Crippen LogP contribution in [-0.2, 0) is 8.46 Å². The van der Waals surface area contributed by atoms with Crippen molar-refractivity contribution < 1.29 is 8.46 Å². The van der Waals surface area contributed by atoms with E-state index in [1.54, 1.807) is 11.3 Å². The number of nitrogens with zero attached hydrogens (tertiary/aromatic N) is 2. The molecule has 0 N–H and O–H groups in total. The standard InChI is InChI=1S/C26H30N2S.Fe.2HI/c1-15-11-17(3)25(18(4)12-15)27-21(7)23-9-10-24(29-23)22(8)28-26-19(5)13-16(2)14-20(26)6;;;/h9-14H,1-8H3;;2*1H/q;+2;;/p-2. The van der Waals surface area contributed by atoms with Gasteiger partial charge in [0.15, 0.2) is 0 Å². The molecule has 0 radical (unpaired) electrons. The van der Waals surface area contributed by atoms with Crippen LogP contribution in [0.4, 0.5) is 11.4 Å². The van der Waals surface area contributed by atoms with Crippen molar-refractivity contribution in [1.82, 2.24) is 0 Å². The van der Waals surface area contributed by atoms with Crippen molar-refractivity contribution in [2.45, 2.75) is 55.4 Å². The second-order valence-corrected chi connectivity index (χ2v) is 18.5. The van der Waals surface area contributed by atoms with Crippen molar-refractivity contribution in [1.29, 1.82) is 0 Å². The summed E-state index contributed by atoms with van der Waals surface area (Å²) in [7, 11) is 1.19. The summed E-state index contributed by atoms with van der Waals surface area (Å²) >= 11 is 6.31. The van der Waals surface area contributed by atoms with Crippen LogP contribution in [0.1, 0.15) is 57.0 Å². The van der Waals surface area contributed by atoms with Crippen LogP contribution in [0, 0.1) is 41.5 Å². The summed E-state index contributed by atoms with van der Waals surface area (Å²) in [6.07, 6.45) is 0. The first-order valence-electron chi connectivity index (χ1n) is 10.3. The van der Waals surface area contributed by atoms with E-state index in [0.29, 0.717) is 0 Å². The Morgan fingerprint density at radius 2 is 0.938 bits per heavy atom. The van der Waals surface area contributed by atoms with Gasteiger partial charge in [-0.2, -0.15) is 0 Å². The van der Waals surface area contributed by atoms with E-state index in [9.17, 15) is 0 Å². The van der Waals surface area contributed by atoms with E-state index in [1.165, 1.54) is 51.6 Å². The third-order valence-electron chi connectivity index (χ3n) is 5.15. The number of aryl methyl sites for hydroxylation is 6. The molecule has 3 rings (SSSR count). The number of hydrogen-bond donors (Lipinski definition) is 0. The van der Waals surface area contributed by atoms with Crippen molar-refractivity contribution in [3.8, 4) is 0 Å². The van der Waals surface area contributed by atoms with E-state index in [0.717, 1.165) is 22.8 Å². The van der Waals surface area contributed by atoms with Crippen LogP contribution in [0.2, 0.25) is 0 Å². The molecule has 3 aromatic rings. The van der Waals surface area contributed by atoms with Crippen LogP contribution in [0.5, 0.6) is 0 Å². The molecule has 6 heteroatoms. The average Bonchev–Trinajstić information content (AvgIpc) is 3.18. The van der Waals surface area contributed by atoms with Gasteiger partial charge in [-0.15, -0.1) is 11.3 Å². The second kappa shape index (κ2) is 12.8. The van der Waals surface area contributed by atoms with E-state index in [2.05, 4.69) is 132 Å². The minimum absolute atomic E-state index is 1.05. The SMILES string of the molecule is CC(=Nc1c(C)cc(C)cc1C)c1ccc(C(C)=Nc2c(C)cc(C)cc2C)s1.[I][Fe][I]. The Kier molecular flexibility index (Phi) is 11.1. The maximum absolute atomic E-state index is 4.95. The number of thiophene rings is 1. The van der Waals surface area contributed by atoms with Crippen molar-refractivity contribution in [3.63, 3.8) is 0 Å². The third-order valence-corrected chi connectivity index (χ3v) is 6.45. The molecule has 172 valence electrons. The Morgan fingerprint density at radius 1 is 0.656 bits per heavy atom. The molecule has 0 unspecified atom stereocenters. The third kappa shape index (κ3) is 7.49. The molecule has 0 atom stereocenters. The fraction of sp³-hybridized carbons (Fsp3) is 0.308. The van der Waals surface area contributed by atoms with Crippen molar-refractivity contribution in [2.24, 2.45) is 9.98 Å². The molecule has 1 aromatic heterocycles. The zero-order chi connectivity index (χ0) is 24.0. The van der Waals surface area contributed by atoms with Crippen LogP contribution in [0.15, 0.2) is 46.4 Å². The monoisotopic (exact) mass is 712 g/mol. The number of rotatable bonds is 4. The zero-order valence-corrected chi connectivity index (χ0v) is 26.1. The molecular weight excluding hydrogens is 682 g/mol. The molecule has 0 aliphatic rings. The van der Waals surface area contributed by atoms with E-state index in [1.807, 2.05) is 0 Å². The van der Waals surface area contributed by atoms with Crippen LogP contribution >= 0.6 is 52.0 Å². The summed E-state index contributed by atoms with van der Waals surface area (Å²) in [4.78, 5) is 12.3. The van der Waals surface area contributed by atoms with E-state index in [4.69, 9.17) is 9.98 Å². The molecule has 2 nitrogen and oxygen atoms in total. The van der Waals surface area contributed by atoms with Crippen LogP contribution < -0.4 is 0 Å². The van der Waals surface area contributed by atoms with Crippen molar-refractivity contribution in [2.75, 3.05) is 0 Å². The molecule has 1 heterocycles. The quantitative estimate of drug-likeness (QED) is 0.146. The fourth-order valence-corrected chi connectivity index (χ4v) is 4.77. The topological polar surface area (TPSA) is 24.7 Å². The maximum atomic E-state index is 4.95. The summed E-state index contributed by atoms with van der Waals surface area (Å²) in [5, 5.41) is 0. The molecule has 0 saturated heterocycles. The van der Waals surface area contributed by atoms with Gasteiger partial charge >= 0.3 is 49.1 Å². The predicted molar refractivity (Wildman–Crippen MR) is 157 cm³/mol. The Bertz CT molecular complexity index is 1030. The first kappa shape index (κ1) is 27.7. The van der Waals surface area contributed by atoms with Gasteiger partial charge in [-0.25, -0.2) is 0 Å². The van der Waals surface area contributed by atoms with Crippen LogP contribution in [0.3, 0.4) is 0 Å². The van der Waals surface area contributed by atoms with Gasteiger partial charge in [0.1, 0.15) is 0 Å². The molecule has 2 aromatic carbocycles. The first-order chi connectivity index (χ1) is 15.1. The van der Waals surface area contributed by atoms with Crippen LogP contribution in [0.25, 0.3) is 0 Å². The van der Waals surface area contributed by atoms with Gasteiger partial charge in [0.2, 0.25) is 0 Å². The number of hydrogen-bond acceptors (Lipinski definition) is 3. The Labute approximate surface area is 226 Å². The van der Waals surface area contributed by atoms with Crippen molar-refractivity contribution in [3.05, 3.63) is 79.5 Å². The normalized spacial score (nSPS) is 12.1. The first-order valence-corrected chi connectivity index (χ1v) is 18.2. The second-order valence-electron chi connectivity index (χ2n) is 8.10. The van der Waals surface area contributed by atoms with Crippen LogP contribution in [-0.4, -0.2) is 11.4 Å². The van der Waals surface area contributed by atoms with Gasteiger partial charge in [0.05, 0.1) is 22.8 Å². The minimum atomic E-state index is 1.05. The zero-order valence-electron chi connectivity index (χ0n) is 19.9. The van der Waals surface area contributed by atoms with Crippen molar-refractivity contribution >= 4 is 74.8 Å². The molecule has 0 aliphatic heterocycles. The summed E-state index contributed by atoms with van der Waals surface area (Å²) in [5.41, 5.74) is 11.7. The van der Waals surface area contributed by atoms with Gasteiger partial charge in [-0.3, -0.25) is 9.98 Å². The molecule has 0 amide bonds. The summed E-state index contributed by atoms with van der Waals surface area (Å²) in [6.45, 7) is 17.0. The predicted octanol–water partition coefficient (Wildman–Crippen LogP) is 9.65. The van der Waals surface area contributed by atoms with Gasteiger partial charge in [-0.1, -0.05) is 35.4 Å². The van der Waals surface area contributed by atoms with Gasteiger partial charge < -0.3 is 0 Å². The van der Waals surface area contributed by atoms with E-state index < -0.39 is 0 Å². The average molecular weight is 712 g/mol. The molecular formula is C26H30FeI2N2S. The summed E-state index contributed by atoms with van der Waals surface area (Å²) in [5.74, 6) is 0. The fourth-order valence-electron chi connectivity index (χ4n) is 3.87. The Morgan fingerprint density at radius 3 is 1.22 bits per heavy atom. The number of aliphatic imine (C=N–C) groups is 2. The number of benzene rings is 2. The molecule has 0 spiro atoms. The summed E-state index contributed by atoms with van der Waals surface area (Å²) < 4.78 is 0. The van der Waals surface area contributed by atoms with E-state index in [-0.39, 0.29) is 0 Å². The Hall–Kier alpha value is -0.541. The Balaban J connectivity index is 0.00000114. The van der Waals surface area contributed by atoms with Gasteiger partial charge in [0, 0.05) is 9.75 Å². The molecule has 0 aliphatic carbocycles. The van der Waals surface area contributed by atoms with E-state index >= 15 is 0 Å². The van der Waals surface area contributed by atoms with Gasteiger partial charge in [-0.05, 0) is 89.8 Å². The molecule has 0 saturated carbocycles. The molecule has 32 heavy (non-hydrogen) atoms. The van der Waals surface area contributed by atoms with Gasteiger partial charge in [0.25, 0.3) is 0 Å². The molecule has 0 bridgehead atoms. The number of halogens is 2. The summed E-state index contributed by atoms with van der Waals surface area (Å²) in [6, 6.07) is 13.1. The molecule has 0 fully saturated rings.